The normalized spacial score (nSPS) is 42.1. The second-order valence-electron chi connectivity index (χ2n) is 12.7. The summed E-state index contributed by atoms with van der Waals surface area (Å²) in [4.78, 5) is 28.5. The number of carbonyl (C=O) groups is 1. The van der Waals surface area contributed by atoms with E-state index in [1.807, 2.05) is 12.1 Å². The second-order valence-corrected chi connectivity index (χ2v) is 12.7. The first-order valence-corrected chi connectivity index (χ1v) is 12.4. The third-order valence-electron chi connectivity index (χ3n) is 10.4. The van der Waals surface area contributed by atoms with Crippen LogP contribution in [-0.4, -0.2) is 27.7 Å². The Balaban J connectivity index is 1.35. The number of phenolic OH excluding ortho intramolecular Hbond substituents is 2. The number of hydrogen-bond donors (Lipinski definition) is 2. The predicted octanol–water partition coefficient (Wildman–Crippen LogP) is 4.86. The standard InChI is InChI=1S/C26H33NO6/c1-24(2)18-7-19(24)20(28)6-17(18)23-21(29)4-16(5-22(23)30)26-10-14-3-15(11-26)9-25(8-14,12-26)13-33-27(31)32/h4-5,14-15,17-19,29-30H,3,6-13H2,1-2H3/t14?,15?,17-,18+,19-,25?,26?/m1/s1. The van der Waals surface area contributed by atoms with Gasteiger partial charge in [-0.05, 0) is 96.6 Å². The van der Waals surface area contributed by atoms with Gasteiger partial charge in [0, 0.05) is 23.8 Å². The summed E-state index contributed by atoms with van der Waals surface area (Å²) in [7, 11) is 0. The van der Waals surface area contributed by atoms with Crippen molar-refractivity contribution in [2.45, 2.75) is 76.5 Å². The van der Waals surface area contributed by atoms with Crippen molar-refractivity contribution in [3.63, 3.8) is 0 Å². The van der Waals surface area contributed by atoms with E-state index in [2.05, 4.69) is 13.8 Å². The van der Waals surface area contributed by atoms with E-state index < -0.39 is 5.09 Å². The lowest BCUT2D eigenvalue weighted by Gasteiger charge is -2.62. The molecule has 7 fully saturated rings. The molecule has 0 aromatic heterocycles. The van der Waals surface area contributed by atoms with E-state index in [0.29, 0.717) is 23.8 Å². The van der Waals surface area contributed by atoms with E-state index in [4.69, 9.17) is 4.84 Å². The first-order valence-electron chi connectivity index (χ1n) is 12.4. The minimum Gasteiger partial charge on any atom is -0.508 e. The Morgan fingerprint density at radius 2 is 1.73 bits per heavy atom. The van der Waals surface area contributed by atoms with Crippen molar-refractivity contribution in [1.82, 2.24) is 0 Å². The quantitative estimate of drug-likeness (QED) is 0.484. The monoisotopic (exact) mass is 455 g/mol. The van der Waals surface area contributed by atoms with Crippen LogP contribution in [0.1, 0.15) is 82.3 Å². The van der Waals surface area contributed by atoms with E-state index in [1.165, 1.54) is 0 Å². The fourth-order valence-corrected chi connectivity index (χ4v) is 9.45. The summed E-state index contributed by atoms with van der Waals surface area (Å²) >= 11 is 0. The van der Waals surface area contributed by atoms with Crippen LogP contribution in [0.15, 0.2) is 12.1 Å². The maximum Gasteiger partial charge on any atom is 0.294 e. The lowest BCUT2D eigenvalue weighted by molar-refractivity contribution is -0.761. The van der Waals surface area contributed by atoms with Gasteiger partial charge in [-0.2, -0.15) is 0 Å². The molecule has 0 amide bonds. The molecule has 7 saturated carbocycles. The van der Waals surface area contributed by atoms with Crippen LogP contribution in [0.4, 0.5) is 0 Å². The fourth-order valence-electron chi connectivity index (χ4n) is 9.45. The Morgan fingerprint density at radius 1 is 1.09 bits per heavy atom. The second kappa shape index (κ2) is 6.63. The Bertz CT molecular complexity index is 1010. The summed E-state index contributed by atoms with van der Waals surface area (Å²) in [6.45, 7) is 4.38. The molecule has 7 aliphatic rings. The lowest BCUT2D eigenvalue weighted by atomic mass is 9.43. The molecule has 2 unspecified atom stereocenters. The largest absolute Gasteiger partial charge is 0.508 e. The molecule has 1 aromatic carbocycles. The molecule has 0 saturated heterocycles. The zero-order chi connectivity index (χ0) is 23.3. The van der Waals surface area contributed by atoms with Gasteiger partial charge in [0.1, 0.15) is 23.9 Å². The molecule has 8 rings (SSSR count). The molecule has 0 aliphatic heterocycles. The van der Waals surface area contributed by atoms with Gasteiger partial charge in [-0.15, -0.1) is 10.1 Å². The molecule has 7 heteroatoms. The zero-order valence-electron chi connectivity index (χ0n) is 19.4. The highest BCUT2D eigenvalue weighted by molar-refractivity contribution is 5.86. The van der Waals surface area contributed by atoms with Gasteiger partial charge in [0.2, 0.25) is 0 Å². The van der Waals surface area contributed by atoms with Gasteiger partial charge in [0.05, 0.1) is 0 Å². The number of fused-ring (bicyclic) bond motifs is 2. The van der Waals surface area contributed by atoms with Crippen molar-refractivity contribution < 1.29 is 24.9 Å². The van der Waals surface area contributed by atoms with Crippen LogP contribution in [-0.2, 0) is 15.0 Å². The Kier molecular flexibility index (Phi) is 4.27. The van der Waals surface area contributed by atoms with Gasteiger partial charge in [-0.3, -0.25) is 4.79 Å². The van der Waals surface area contributed by atoms with Gasteiger partial charge >= 0.3 is 0 Å². The number of carbonyl (C=O) groups excluding carboxylic acids is 1. The predicted molar refractivity (Wildman–Crippen MR) is 119 cm³/mol. The number of nitrogens with zero attached hydrogens (tertiary/aromatic N) is 1. The van der Waals surface area contributed by atoms with E-state index in [1.54, 1.807) is 0 Å². The number of Topliss-reactive ketones (excluding diaryl/α,β-unsaturated/α-hetero) is 1. The lowest BCUT2D eigenvalue weighted by Crippen LogP contribution is -2.56. The van der Waals surface area contributed by atoms with Crippen molar-refractivity contribution in [3.8, 4) is 11.5 Å². The molecule has 1 aromatic rings. The van der Waals surface area contributed by atoms with Crippen LogP contribution in [0, 0.1) is 44.6 Å². The minimum absolute atomic E-state index is 0.0929. The van der Waals surface area contributed by atoms with E-state index in [-0.39, 0.29) is 57.9 Å². The maximum absolute atomic E-state index is 12.7. The Morgan fingerprint density at radius 3 is 2.27 bits per heavy atom. The van der Waals surface area contributed by atoms with Crippen LogP contribution in [0.25, 0.3) is 0 Å². The van der Waals surface area contributed by atoms with Gasteiger partial charge < -0.3 is 15.1 Å². The van der Waals surface area contributed by atoms with Crippen LogP contribution in [0.3, 0.4) is 0 Å². The molecule has 7 aliphatic carbocycles. The number of rotatable bonds is 5. The number of benzene rings is 1. The molecule has 2 N–H and O–H groups in total. The van der Waals surface area contributed by atoms with E-state index >= 15 is 0 Å². The zero-order valence-corrected chi connectivity index (χ0v) is 19.4. The summed E-state index contributed by atoms with van der Waals surface area (Å²) in [5, 5.41) is 32.6. The minimum atomic E-state index is -0.685. The SMILES string of the molecule is CC1(C)[C@@H]2C[C@H]1[C@H](c1c(O)cc(C34CC5CC(CC(CO[N+](=O)[O-])(C5)C3)C4)cc1O)CC2=O. The third kappa shape index (κ3) is 2.96. The average Bonchev–Trinajstić information content (AvgIpc) is 2.70. The summed E-state index contributed by atoms with van der Waals surface area (Å²) in [6.07, 6.45) is 7.05. The van der Waals surface area contributed by atoms with Crippen LogP contribution < -0.4 is 0 Å². The maximum atomic E-state index is 12.7. The van der Waals surface area contributed by atoms with Gasteiger partial charge in [0.25, 0.3) is 5.09 Å². The molecule has 33 heavy (non-hydrogen) atoms. The molecule has 6 bridgehead atoms. The third-order valence-corrected chi connectivity index (χ3v) is 10.4. The molecule has 0 heterocycles. The highest BCUT2D eigenvalue weighted by Crippen LogP contribution is 2.67. The molecule has 0 radical (unpaired) electrons. The first-order chi connectivity index (χ1) is 15.5. The van der Waals surface area contributed by atoms with Gasteiger partial charge in [-0.25, -0.2) is 0 Å². The molecular formula is C26H33NO6. The number of aromatic hydroxyl groups is 2. The van der Waals surface area contributed by atoms with E-state index in [0.717, 1.165) is 50.5 Å². The van der Waals surface area contributed by atoms with Crippen molar-refractivity contribution in [2.75, 3.05) is 6.61 Å². The van der Waals surface area contributed by atoms with E-state index in [9.17, 15) is 25.1 Å². The van der Waals surface area contributed by atoms with Crippen molar-refractivity contribution in [2.24, 2.45) is 34.5 Å². The van der Waals surface area contributed by atoms with Crippen molar-refractivity contribution in [3.05, 3.63) is 33.4 Å². The van der Waals surface area contributed by atoms with Crippen LogP contribution >= 0.6 is 0 Å². The highest BCUT2D eigenvalue weighted by Gasteiger charge is 2.60. The molecular weight excluding hydrogens is 422 g/mol. The molecule has 0 spiro atoms. The van der Waals surface area contributed by atoms with Crippen molar-refractivity contribution in [1.29, 1.82) is 0 Å². The Hall–Kier alpha value is -2.31. The number of hydrogen-bond acceptors (Lipinski definition) is 6. The van der Waals surface area contributed by atoms with Crippen LogP contribution in [0.5, 0.6) is 11.5 Å². The fraction of sp³-hybridized carbons (Fsp3) is 0.731. The van der Waals surface area contributed by atoms with Gasteiger partial charge in [-0.1, -0.05) is 13.8 Å². The van der Waals surface area contributed by atoms with Crippen LogP contribution in [0.2, 0.25) is 0 Å². The summed E-state index contributed by atoms with van der Waals surface area (Å²) < 4.78 is 0. The molecule has 5 atom stereocenters. The summed E-state index contributed by atoms with van der Waals surface area (Å²) in [5.41, 5.74) is 0.969. The number of phenols is 2. The summed E-state index contributed by atoms with van der Waals surface area (Å²) in [5.74, 6) is 1.65. The average molecular weight is 456 g/mol. The smallest absolute Gasteiger partial charge is 0.294 e. The first kappa shape index (κ1) is 21.2. The number of ketones is 1. The Labute approximate surface area is 193 Å². The van der Waals surface area contributed by atoms with Gasteiger partial charge in [0.15, 0.2) is 0 Å². The summed E-state index contributed by atoms with van der Waals surface area (Å²) in [6, 6.07) is 3.65. The van der Waals surface area contributed by atoms with Crippen molar-refractivity contribution >= 4 is 5.78 Å². The highest BCUT2D eigenvalue weighted by atomic mass is 16.9. The molecule has 7 nitrogen and oxygen atoms in total. The molecule has 178 valence electrons. The topological polar surface area (TPSA) is 110 Å².